The van der Waals surface area contributed by atoms with Gasteiger partial charge in [-0.25, -0.2) is 9.99 Å². The fourth-order valence-corrected chi connectivity index (χ4v) is 3.98. The molecule has 0 amide bonds. The third-order valence-corrected chi connectivity index (χ3v) is 5.28. The second-order valence-electron chi connectivity index (χ2n) is 5.71. The zero-order valence-corrected chi connectivity index (χ0v) is 14.1. The molecule has 1 aromatic carbocycles. The lowest BCUT2D eigenvalue weighted by Gasteiger charge is -2.34. The van der Waals surface area contributed by atoms with E-state index in [1.54, 1.807) is 5.01 Å². The van der Waals surface area contributed by atoms with Gasteiger partial charge in [-0.1, -0.05) is 42.1 Å². The predicted octanol–water partition coefficient (Wildman–Crippen LogP) is 3.51. The van der Waals surface area contributed by atoms with Crippen LogP contribution in [0, 0.1) is 0 Å². The van der Waals surface area contributed by atoms with Gasteiger partial charge < -0.3 is 4.74 Å². The highest BCUT2D eigenvalue weighted by Gasteiger charge is 2.37. The van der Waals surface area contributed by atoms with Crippen molar-refractivity contribution < 1.29 is 17.9 Å². The van der Waals surface area contributed by atoms with Crippen LogP contribution < -0.4 is 5.84 Å². The molecule has 0 bridgehead atoms. The maximum Gasteiger partial charge on any atom is 0.419 e. The molecule has 1 aromatic heterocycles. The normalized spacial score (nSPS) is 20.4. The Morgan fingerprint density at radius 1 is 1.20 bits per heavy atom. The number of thioether (sulfide) groups is 1. The number of ether oxygens (including phenoxy) is 1. The summed E-state index contributed by atoms with van der Waals surface area (Å²) in [5, 5.41) is 1.23. The van der Waals surface area contributed by atoms with Crippen LogP contribution in [0.4, 0.5) is 13.2 Å². The minimum absolute atomic E-state index is 0.0541. The molecule has 1 saturated heterocycles. The first-order valence-electron chi connectivity index (χ1n) is 7.80. The van der Waals surface area contributed by atoms with Crippen LogP contribution in [0.15, 0.2) is 53.7 Å². The largest absolute Gasteiger partial charge is 0.419 e. The number of nitrogens with two attached hydrogens (primary N) is 1. The van der Waals surface area contributed by atoms with E-state index in [-0.39, 0.29) is 16.4 Å². The van der Waals surface area contributed by atoms with Crippen LogP contribution in [0.5, 0.6) is 0 Å². The van der Waals surface area contributed by atoms with Crippen LogP contribution in [0.2, 0.25) is 0 Å². The highest BCUT2D eigenvalue weighted by atomic mass is 32.2. The summed E-state index contributed by atoms with van der Waals surface area (Å²) in [6.07, 6.45) is -3.41. The summed E-state index contributed by atoms with van der Waals surface area (Å²) in [5.41, 5.74) is 0.146. The summed E-state index contributed by atoms with van der Waals surface area (Å²) in [4.78, 5) is 3.97. The maximum atomic E-state index is 13.3. The number of alkyl halides is 3. The molecule has 4 nitrogen and oxygen atoms in total. The molecule has 1 aliphatic heterocycles. The van der Waals surface area contributed by atoms with Crippen molar-refractivity contribution in [3.05, 3.63) is 59.8 Å². The van der Waals surface area contributed by atoms with E-state index in [1.165, 1.54) is 12.3 Å². The number of rotatable bonds is 4. The van der Waals surface area contributed by atoms with E-state index < -0.39 is 11.7 Å². The molecule has 0 radical (unpaired) electrons. The van der Waals surface area contributed by atoms with Gasteiger partial charge >= 0.3 is 6.18 Å². The molecule has 0 saturated carbocycles. The number of morpholine rings is 1. The SMILES string of the molecule is NN1CCOC(C(Sc2ncccc2C(F)(F)F)c2ccccc2)C1. The summed E-state index contributed by atoms with van der Waals surface area (Å²) >= 11 is 1.07. The average molecular weight is 369 g/mol. The van der Waals surface area contributed by atoms with Crippen LogP contribution in [-0.2, 0) is 10.9 Å². The molecule has 2 aromatic rings. The Labute approximate surface area is 148 Å². The third-order valence-electron chi connectivity index (χ3n) is 3.91. The van der Waals surface area contributed by atoms with Gasteiger partial charge in [0.15, 0.2) is 0 Å². The zero-order chi connectivity index (χ0) is 17.9. The highest BCUT2D eigenvalue weighted by Crippen LogP contribution is 2.43. The summed E-state index contributed by atoms with van der Waals surface area (Å²) < 4.78 is 45.7. The molecule has 3 rings (SSSR count). The van der Waals surface area contributed by atoms with Crippen molar-refractivity contribution in [3.8, 4) is 0 Å². The van der Waals surface area contributed by atoms with Gasteiger partial charge in [-0.2, -0.15) is 13.2 Å². The van der Waals surface area contributed by atoms with E-state index in [2.05, 4.69) is 4.98 Å². The second-order valence-corrected chi connectivity index (χ2v) is 6.84. The summed E-state index contributed by atoms with van der Waals surface area (Å²) in [5.74, 6) is 5.88. The average Bonchev–Trinajstić information content (AvgIpc) is 2.60. The highest BCUT2D eigenvalue weighted by molar-refractivity contribution is 7.99. The number of hydrogen-bond acceptors (Lipinski definition) is 5. The van der Waals surface area contributed by atoms with Gasteiger partial charge in [0.05, 0.1) is 23.5 Å². The zero-order valence-electron chi connectivity index (χ0n) is 13.3. The van der Waals surface area contributed by atoms with Gasteiger partial charge in [0, 0.05) is 19.3 Å². The molecule has 134 valence electrons. The van der Waals surface area contributed by atoms with E-state index >= 15 is 0 Å². The van der Waals surface area contributed by atoms with Crippen LogP contribution in [-0.4, -0.2) is 35.8 Å². The van der Waals surface area contributed by atoms with Crippen molar-refractivity contribution in [3.63, 3.8) is 0 Å². The van der Waals surface area contributed by atoms with E-state index in [4.69, 9.17) is 10.6 Å². The number of hydrogen-bond donors (Lipinski definition) is 1. The van der Waals surface area contributed by atoms with Crippen molar-refractivity contribution in [2.45, 2.75) is 22.6 Å². The van der Waals surface area contributed by atoms with Gasteiger partial charge in [0.2, 0.25) is 0 Å². The van der Waals surface area contributed by atoms with Gasteiger partial charge in [0.25, 0.3) is 0 Å². The Balaban J connectivity index is 1.94. The number of halogens is 3. The lowest BCUT2D eigenvalue weighted by Crippen LogP contribution is -2.47. The Bertz CT molecular complexity index is 699. The summed E-state index contributed by atoms with van der Waals surface area (Å²) in [6.45, 7) is 1.49. The maximum absolute atomic E-state index is 13.3. The third kappa shape index (κ3) is 4.52. The molecule has 8 heteroatoms. The minimum Gasteiger partial charge on any atom is -0.374 e. The van der Waals surface area contributed by atoms with Crippen LogP contribution in [0.3, 0.4) is 0 Å². The lowest BCUT2D eigenvalue weighted by atomic mass is 10.1. The van der Waals surface area contributed by atoms with Crippen LogP contribution in [0.1, 0.15) is 16.4 Å². The van der Waals surface area contributed by atoms with Crippen molar-refractivity contribution >= 4 is 11.8 Å². The number of aromatic nitrogens is 1. The number of nitrogens with zero attached hydrogens (tertiary/aromatic N) is 2. The first-order chi connectivity index (χ1) is 11.9. The van der Waals surface area contributed by atoms with Gasteiger partial charge in [0.1, 0.15) is 5.03 Å². The first kappa shape index (κ1) is 18.2. The molecule has 0 aliphatic carbocycles. The number of benzene rings is 1. The van der Waals surface area contributed by atoms with Gasteiger partial charge in [-0.15, -0.1) is 0 Å². The van der Waals surface area contributed by atoms with Crippen molar-refractivity contribution in [1.29, 1.82) is 0 Å². The molecule has 2 atom stereocenters. The second kappa shape index (κ2) is 7.74. The van der Waals surface area contributed by atoms with E-state index in [9.17, 15) is 13.2 Å². The molecule has 2 unspecified atom stereocenters. The number of pyridine rings is 1. The molecular formula is C17H18F3N3OS. The molecule has 2 heterocycles. The summed E-state index contributed by atoms with van der Waals surface area (Å²) in [6, 6.07) is 11.7. The quantitative estimate of drug-likeness (QED) is 0.660. The number of hydrazine groups is 1. The van der Waals surface area contributed by atoms with Gasteiger partial charge in [-0.3, -0.25) is 5.84 Å². The molecule has 2 N–H and O–H groups in total. The molecule has 1 fully saturated rings. The monoisotopic (exact) mass is 369 g/mol. The van der Waals surface area contributed by atoms with Crippen LogP contribution >= 0.6 is 11.8 Å². The van der Waals surface area contributed by atoms with Crippen molar-refractivity contribution in [1.82, 2.24) is 9.99 Å². The Morgan fingerprint density at radius 3 is 2.64 bits per heavy atom. The van der Waals surface area contributed by atoms with Crippen molar-refractivity contribution in [2.75, 3.05) is 19.7 Å². The summed E-state index contributed by atoms with van der Waals surface area (Å²) in [7, 11) is 0. The Morgan fingerprint density at radius 2 is 1.96 bits per heavy atom. The molecular weight excluding hydrogens is 351 g/mol. The van der Waals surface area contributed by atoms with Crippen LogP contribution in [0.25, 0.3) is 0 Å². The van der Waals surface area contributed by atoms with E-state index in [1.807, 2.05) is 30.3 Å². The van der Waals surface area contributed by atoms with Gasteiger partial charge in [-0.05, 0) is 17.7 Å². The topological polar surface area (TPSA) is 51.4 Å². The minimum atomic E-state index is -4.45. The molecule has 25 heavy (non-hydrogen) atoms. The predicted molar refractivity (Wildman–Crippen MR) is 89.8 cm³/mol. The lowest BCUT2D eigenvalue weighted by molar-refractivity contribution is -0.140. The Hall–Kier alpha value is -1.61. The van der Waals surface area contributed by atoms with E-state index in [0.717, 1.165) is 23.4 Å². The Kier molecular flexibility index (Phi) is 5.63. The first-order valence-corrected chi connectivity index (χ1v) is 8.68. The molecule has 1 aliphatic rings. The smallest absolute Gasteiger partial charge is 0.374 e. The fraction of sp³-hybridized carbons (Fsp3) is 0.353. The van der Waals surface area contributed by atoms with E-state index in [0.29, 0.717) is 19.7 Å². The standard InChI is InChI=1S/C17H18F3N3OS/c18-17(19,20)13-7-4-8-22-16(13)25-15(12-5-2-1-3-6-12)14-11-23(21)9-10-24-14/h1-8,14-15H,9-11,21H2. The fourth-order valence-electron chi connectivity index (χ4n) is 2.70. The van der Waals surface area contributed by atoms with Crippen molar-refractivity contribution in [2.24, 2.45) is 5.84 Å². The molecule has 0 spiro atoms.